The molecule has 0 bridgehead atoms. The van der Waals surface area contributed by atoms with E-state index in [1.54, 1.807) is 6.20 Å². The van der Waals surface area contributed by atoms with E-state index in [2.05, 4.69) is 49.1 Å². The van der Waals surface area contributed by atoms with Crippen LogP contribution in [0.25, 0.3) is 11.3 Å². The van der Waals surface area contributed by atoms with Crippen molar-refractivity contribution in [3.8, 4) is 11.3 Å². The van der Waals surface area contributed by atoms with E-state index in [9.17, 15) is 4.39 Å². The number of aromatic nitrogens is 5. The summed E-state index contributed by atoms with van der Waals surface area (Å²) in [5.41, 5.74) is 3.19. The average molecular weight is 437 g/mol. The quantitative estimate of drug-likeness (QED) is 0.669. The maximum atomic E-state index is 14.7. The lowest BCUT2D eigenvalue weighted by Gasteiger charge is -2.33. The number of rotatable bonds is 4. The lowest BCUT2D eigenvalue weighted by molar-refractivity contribution is 0.313. The normalized spacial score (nSPS) is 19.5. The van der Waals surface area contributed by atoms with Gasteiger partial charge in [0, 0.05) is 38.3 Å². The zero-order valence-electron chi connectivity index (χ0n) is 18.6. The highest BCUT2D eigenvalue weighted by Gasteiger charge is 2.24. The second-order valence-corrected chi connectivity index (χ2v) is 8.77. The second kappa shape index (κ2) is 8.82. The Kier molecular flexibility index (Phi) is 5.73. The lowest BCUT2D eigenvalue weighted by atomic mass is 9.97. The molecule has 0 radical (unpaired) electrons. The fourth-order valence-corrected chi connectivity index (χ4v) is 4.57. The minimum atomic E-state index is -0.443. The zero-order valence-corrected chi connectivity index (χ0v) is 18.6. The first kappa shape index (κ1) is 20.8. The Balaban J connectivity index is 1.37. The van der Waals surface area contributed by atoms with E-state index in [4.69, 9.17) is 0 Å². The first-order chi connectivity index (χ1) is 15.6. The summed E-state index contributed by atoms with van der Waals surface area (Å²) in [4.78, 5) is 17.8. The minimum absolute atomic E-state index is 0.284. The van der Waals surface area contributed by atoms with E-state index in [0.29, 0.717) is 17.7 Å². The maximum Gasteiger partial charge on any atom is 0.229 e. The molecule has 1 unspecified atom stereocenters. The molecule has 2 aliphatic rings. The van der Waals surface area contributed by atoms with Crippen LogP contribution in [0.4, 0.5) is 21.8 Å². The van der Waals surface area contributed by atoms with Crippen LogP contribution >= 0.6 is 0 Å². The largest absolute Gasteiger partial charge is 0.368 e. The highest BCUT2D eigenvalue weighted by atomic mass is 19.1. The summed E-state index contributed by atoms with van der Waals surface area (Å²) in [5, 5.41) is 7.63. The summed E-state index contributed by atoms with van der Waals surface area (Å²) >= 11 is 0. The van der Waals surface area contributed by atoms with E-state index in [1.165, 1.54) is 6.20 Å². The maximum absolute atomic E-state index is 14.7. The van der Waals surface area contributed by atoms with Gasteiger partial charge in [0.1, 0.15) is 11.5 Å². The van der Waals surface area contributed by atoms with Gasteiger partial charge in [-0.3, -0.25) is 4.68 Å². The highest BCUT2D eigenvalue weighted by Crippen LogP contribution is 2.34. The summed E-state index contributed by atoms with van der Waals surface area (Å²) in [6.07, 6.45) is 8.12. The van der Waals surface area contributed by atoms with Gasteiger partial charge in [-0.05, 0) is 37.9 Å². The summed E-state index contributed by atoms with van der Waals surface area (Å²) in [7, 11) is 2.14. The summed E-state index contributed by atoms with van der Waals surface area (Å²) in [5.74, 6) is 0.816. The number of halogens is 1. The third-order valence-corrected chi connectivity index (χ3v) is 6.46. The number of anilines is 3. The van der Waals surface area contributed by atoms with Crippen molar-refractivity contribution in [3.63, 3.8) is 0 Å². The monoisotopic (exact) mass is 436 g/mol. The van der Waals surface area contributed by atoms with Crippen LogP contribution in [-0.2, 0) is 6.54 Å². The smallest absolute Gasteiger partial charge is 0.229 e. The number of likely N-dealkylation sites (N-methyl/N-ethyl adjacent to an activating group) is 1. The number of piperazine rings is 1. The molecule has 1 fully saturated rings. The number of nitrogens with one attached hydrogen (secondary N) is 1. The van der Waals surface area contributed by atoms with Gasteiger partial charge in [-0.2, -0.15) is 5.10 Å². The molecule has 5 heterocycles. The van der Waals surface area contributed by atoms with Crippen molar-refractivity contribution in [3.05, 3.63) is 42.2 Å². The third-order valence-electron chi connectivity index (χ3n) is 6.46. The number of pyridine rings is 1. The Morgan fingerprint density at radius 2 is 1.84 bits per heavy atom. The highest BCUT2D eigenvalue weighted by molar-refractivity contribution is 5.65. The number of hydrogen-bond donors (Lipinski definition) is 1. The molecule has 3 aromatic rings. The molecule has 3 aromatic heterocycles. The first-order valence-electron chi connectivity index (χ1n) is 11.3. The molecule has 2 aliphatic heterocycles. The van der Waals surface area contributed by atoms with Gasteiger partial charge in [-0.1, -0.05) is 13.3 Å². The van der Waals surface area contributed by atoms with Gasteiger partial charge in [0.05, 0.1) is 30.0 Å². The van der Waals surface area contributed by atoms with E-state index >= 15 is 0 Å². The fourth-order valence-electron chi connectivity index (χ4n) is 4.57. The topological polar surface area (TPSA) is 75.0 Å². The molecule has 0 amide bonds. The van der Waals surface area contributed by atoms with E-state index in [-0.39, 0.29) is 5.69 Å². The Morgan fingerprint density at radius 1 is 1.00 bits per heavy atom. The van der Waals surface area contributed by atoms with Crippen molar-refractivity contribution in [2.75, 3.05) is 43.4 Å². The van der Waals surface area contributed by atoms with Crippen molar-refractivity contribution in [2.45, 2.75) is 38.6 Å². The molecule has 1 saturated heterocycles. The molecule has 1 N–H and O–H groups in total. The average Bonchev–Trinajstić information content (AvgIpc) is 3.14. The molecule has 0 aromatic carbocycles. The molecule has 1 atom stereocenters. The van der Waals surface area contributed by atoms with Gasteiger partial charge in [-0.25, -0.2) is 19.3 Å². The van der Waals surface area contributed by atoms with Crippen LogP contribution in [0, 0.1) is 5.82 Å². The summed E-state index contributed by atoms with van der Waals surface area (Å²) in [6, 6.07) is 3.96. The molecular formula is C23H29FN8. The molecule has 0 saturated carbocycles. The first-order valence-corrected chi connectivity index (χ1v) is 11.3. The number of aryl methyl sites for hydroxylation is 1. The van der Waals surface area contributed by atoms with E-state index in [1.807, 2.05) is 23.0 Å². The zero-order chi connectivity index (χ0) is 22.1. The second-order valence-electron chi connectivity index (χ2n) is 8.77. The fraction of sp³-hybridized carbons (Fsp3) is 0.478. The molecular weight excluding hydrogens is 407 g/mol. The van der Waals surface area contributed by atoms with Crippen LogP contribution in [-0.4, -0.2) is 62.9 Å². The number of hydrogen-bond acceptors (Lipinski definition) is 7. The van der Waals surface area contributed by atoms with Crippen molar-refractivity contribution in [1.29, 1.82) is 0 Å². The van der Waals surface area contributed by atoms with Gasteiger partial charge in [0.15, 0.2) is 5.82 Å². The lowest BCUT2D eigenvalue weighted by Crippen LogP contribution is -2.44. The molecule has 0 aliphatic carbocycles. The Bertz CT molecular complexity index is 1070. The number of nitrogens with zero attached hydrogens (tertiary/aromatic N) is 7. The Labute approximate surface area is 187 Å². The Morgan fingerprint density at radius 3 is 2.62 bits per heavy atom. The molecule has 8 nitrogen and oxygen atoms in total. The van der Waals surface area contributed by atoms with E-state index < -0.39 is 5.82 Å². The van der Waals surface area contributed by atoms with E-state index in [0.717, 1.165) is 68.9 Å². The van der Waals surface area contributed by atoms with Gasteiger partial charge in [-0.15, -0.1) is 0 Å². The van der Waals surface area contributed by atoms with Gasteiger partial charge < -0.3 is 15.1 Å². The van der Waals surface area contributed by atoms with Crippen LogP contribution < -0.4 is 10.2 Å². The van der Waals surface area contributed by atoms with Crippen molar-refractivity contribution >= 4 is 17.5 Å². The van der Waals surface area contributed by atoms with Gasteiger partial charge in [0.25, 0.3) is 0 Å². The van der Waals surface area contributed by atoms with Crippen LogP contribution in [0.2, 0.25) is 0 Å². The SMILES string of the molecule is CC1CCCCn2ncc(-c3nc(Nc4ccc(N5CCN(C)CC5)cn4)ncc3F)c21. The van der Waals surface area contributed by atoms with Crippen molar-refractivity contribution in [2.24, 2.45) is 0 Å². The van der Waals surface area contributed by atoms with Crippen LogP contribution in [0.1, 0.15) is 37.8 Å². The van der Waals surface area contributed by atoms with Crippen LogP contribution in [0.5, 0.6) is 0 Å². The predicted molar refractivity (Wildman–Crippen MR) is 123 cm³/mol. The van der Waals surface area contributed by atoms with Gasteiger partial charge in [0.2, 0.25) is 5.95 Å². The molecule has 0 spiro atoms. The molecule has 5 rings (SSSR count). The van der Waals surface area contributed by atoms with Gasteiger partial charge >= 0.3 is 0 Å². The molecule has 32 heavy (non-hydrogen) atoms. The predicted octanol–water partition coefficient (Wildman–Crippen LogP) is 3.66. The summed E-state index contributed by atoms with van der Waals surface area (Å²) < 4.78 is 16.7. The molecule has 168 valence electrons. The Hall–Kier alpha value is -3.07. The van der Waals surface area contributed by atoms with Crippen LogP contribution in [0.3, 0.4) is 0 Å². The third kappa shape index (κ3) is 4.17. The van der Waals surface area contributed by atoms with Crippen LogP contribution in [0.15, 0.2) is 30.7 Å². The molecule has 9 heteroatoms. The summed E-state index contributed by atoms with van der Waals surface area (Å²) in [6.45, 7) is 7.11. The standard InChI is InChI=1S/C23H29FN8/c1-16-5-3-4-8-32-22(16)18(14-27-32)21-19(24)15-26-23(29-21)28-20-7-6-17(13-25-20)31-11-9-30(2)10-12-31/h6-7,13-16H,3-5,8-12H2,1-2H3,(H,25,26,28,29). The number of fused-ring (bicyclic) bond motifs is 1. The minimum Gasteiger partial charge on any atom is -0.368 e. The van der Waals surface area contributed by atoms with Crippen molar-refractivity contribution in [1.82, 2.24) is 29.6 Å². The van der Waals surface area contributed by atoms with Crippen molar-refractivity contribution < 1.29 is 4.39 Å².